The molecule has 0 aliphatic carbocycles. The van der Waals surface area contributed by atoms with Crippen molar-refractivity contribution in [1.82, 2.24) is 10.2 Å². The van der Waals surface area contributed by atoms with Crippen LogP contribution in [0, 0.1) is 0 Å². The second kappa shape index (κ2) is 14.5. The lowest BCUT2D eigenvalue weighted by Gasteiger charge is -2.34. The third-order valence-corrected chi connectivity index (χ3v) is 8.72. The lowest BCUT2D eigenvalue weighted by atomic mass is 10.00. The SMILES string of the molecule is CC(C)(C)NC(=O)[C@@H](Cc1ccccc1)N(Cc1ccc(Br)cc1)C(=O)CCCN(c1ccc2c(c1)OCCO2)S(C)(=O)=O. The molecule has 9 nitrogen and oxygen atoms in total. The summed E-state index contributed by atoms with van der Waals surface area (Å²) < 4.78 is 39.0. The number of ether oxygens (including phenoxy) is 2. The number of hydrogen-bond acceptors (Lipinski definition) is 6. The van der Waals surface area contributed by atoms with Gasteiger partial charge in [0, 0.05) is 42.0 Å². The Labute approximate surface area is 268 Å². The van der Waals surface area contributed by atoms with Gasteiger partial charge in [-0.25, -0.2) is 8.42 Å². The van der Waals surface area contributed by atoms with Gasteiger partial charge >= 0.3 is 0 Å². The van der Waals surface area contributed by atoms with Crippen molar-refractivity contribution in [3.63, 3.8) is 0 Å². The first-order chi connectivity index (χ1) is 20.8. The molecule has 0 unspecified atom stereocenters. The molecule has 1 heterocycles. The van der Waals surface area contributed by atoms with Crippen molar-refractivity contribution in [2.45, 2.75) is 58.2 Å². The molecule has 1 aliphatic rings. The monoisotopic (exact) mass is 685 g/mol. The van der Waals surface area contributed by atoms with Crippen molar-refractivity contribution in [3.8, 4) is 11.5 Å². The normalized spacial score (nSPS) is 13.6. The van der Waals surface area contributed by atoms with Crippen LogP contribution in [0.4, 0.5) is 5.69 Å². The largest absolute Gasteiger partial charge is 0.486 e. The van der Waals surface area contributed by atoms with Crippen LogP contribution in [0.15, 0.2) is 77.3 Å². The quantitative estimate of drug-likeness (QED) is 0.277. The summed E-state index contributed by atoms with van der Waals surface area (Å²) in [5.74, 6) is 0.548. The van der Waals surface area contributed by atoms with Crippen molar-refractivity contribution in [2.75, 3.05) is 30.3 Å². The average molecular weight is 687 g/mol. The number of halogens is 1. The Balaban J connectivity index is 1.58. The summed E-state index contributed by atoms with van der Waals surface area (Å²) in [5, 5.41) is 3.06. The van der Waals surface area contributed by atoms with Crippen LogP contribution in [0.25, 0.3) is 0 Å². The molecule has 2 amide bonds. The summed E-state index contributed by atoms with van der Waals surface area (Å²) in [6, 6.07) is 21.5. The van der Waals surface area contributed by atoms with Crippen molar-refractivity contribution in [3.05, 3.63) is 88.4 Å². The third-order valence-electron chi connectivity index (χ3n) is 7.00. The van der Waals surface area contributed by atoms with Crippen LogP contribution < -0.4 is 19.1 Å². The van der Waals surface area contributed by atoms with Crippen LogP contribution in [0.1, 0.15) is 44.7 Å². The van der Waals surface area contributed by atoms with E-state index in [1.165, 1.54) is 4.31 Å². The maximum Gasteiger partial charge on any atom is 0.243 e. The maximum atomic E-state index is 14.0. The van der Waals surface area contributed by atoms with E-state index >= 15 is 0 Å². The van der Waals surface area contributed by atoms with E-state index < -0.39 is 21.6 Å². The van der Waals surface area contributed by atoms with Crippen LogP contribution in [0.5, 0.6) is 11.5 Å². The van der Waals surface area contributed by atoms with Gasteiger partial charge in [0.05, 0.1) is 11.9 Å². The van der Waals surface area contributed by atoms with Crippen molar-refractivity contribution < 1.29 is 27.5 Å². The van der Waals surface area contributed by atoms with Gasteiger partial charge in [-0.15, -0.1) is 0 Å². The lowest BCUT2D eigenvalue weighted by molar-refractivity contribution is -0.142. The van der Waals surface area contributed by atoms with E-state index in [1.807, 2.05) is 75.4 Å². The Morgan fingerprint density at radius 3 is 2.23 bits per heavy atom. The molecule has 0 bridgehead atoms. The van der Waals surface area contributed by atoms with E-state index in [0.29, 0.717) is 36.8 Å². The highest BCUT2D eigenvalue weighted by molar-refractivity contribution is 9.10. The molecule has 0 saturated heterocycles. The topological polar surface area (TPSA) is 105 Å². The predicted octanol–water partition coefficient (Wildman–Crippen LogP) is 5.32. The Morgan fingerprint density at radius 2 is 1.59 bits per heavy atom. The molecule has 3 aromatic rings. The summed E-state index contributed by atoms with van der Waals surface area (Å²) >= 11 is 3.46. The lowest BCUT2D eigenvalue weighted by Crippen LogP contribution is -2.54. The van der Waals surface area contributed by atoms with E-state index in [-0.39, 0.29) is 37.7 Å². The molecule has 11 heteroatoms. The molecular weight excluding hydrogens is 646 g/mol. The second-order valence-electron chi connectivity index (χ2n) is 11.9. The Kier molecular flexibility index (Phi) is 11.0. The number of carbonyl (C=O) groups is 2. The molecule has 4 rings (SSSR count). The third kappa shape index (κ3) is 9.46. The first kappa shape index (κ1) is 33.3. The van der Waals surface area contributed by atoms with Crippen LogP contribution in [-0.2, 0) is 32.6 Å². The number of hydrogen-bond donors (Lipinski definition) is 1. The van der Waals surface area contributed by atoms with E-state index in [2.05, 4.69) is 21.2 Å². The number of rotatable bonds is 12. The van der Waals surface area contributed by atoms with Gasteiger partial charge in [-0.2, -0.15) is 0 Å². The van der Waals surface area contributed by atoms with E-state index in [1.54, 1.807) is 23.1 Å². The first-order valence-corrected chi connectivity index (χ1v) is 17.2. The van der Waals surface area contributed by atoms with Gasteiger partial charge in [0.1, 0.15) is 19.3 Å². The fourth-order valence-corrected chi connectivity index (χ4v) is 6.21. The smallest absolute Gasteiger partial charge is 0.243 e. The van der Waals surface area contributed by atoms with Gasteiger partial charge in [-0.05, 0) is 62.6 Å². The molecule has 0 radical (unpaired) electrons. The number of nitrogens with one attached hydrogen (secondary N) is 1. The Hall–Kier alpha value is -3.57. The zero-order chi connectivity index (χ0) is 31.9. The maximum absolute atomic E-state index is 14.0. The molecule has 0 fully saturated rings. The molecule has 0 saturated carbocycles. The summed E-state index contributed by atoms with van der Waals surface area (Å²) in [7, 11) is -3.66. The molecule has 0 aromatic heterocycles. The zero-order valence-electron chi connectivity index (χ0n) is 25.6. The fourth-order valence-electron chi connectivity index (χ4n) is 4.98. The molecule has 0 spiro atoms. The minimum Gasteiger partial charge on any atom is -0.486 e. The highest BCUT2D eigenvalue weighted by Crippen LogP contribution is 2.35. The minimum atomic E-state index is -3.66. The number of nitrogens with zero attached hydrogens (tertiary/aromatic N) is 2. The Bertz CT molecular complexity index is 1540. The summed E-state index contributed by atoms with van der Waals surface area (Å²) in [6.07, 6.45) is 1.76. The molecular formula is C33H40BrN3O6S. The van der Waals surface area contributed by atoms with Crippen LogP contribution in [-0.4, -0.2) is 62.7 Å². The van der Waals surface area contributed by atoms with Crippen LogP contribution in [0.3, 0.4) is 0 Å². The van der Waals surface area contributed by atoms with Crippen LogP contribution >= 0.6 is 15.9 Å². The summed E-state index contributed by atoms with van der Waals surface area (Å²) in [4.78, 5) is 29.4. The van der Waals surface area contributed by atoms with E-state index in [9.17, 15) is 18.0 Å². The van der Waals surface area contributed by atoms with Crippen molar-refractivity contribution >= 4 is 43.5 Å². The zero-order valence-corrected chi connectivity index (χ0v) is 28.0. The molecule has 1 atom stereocenters. The standard InChI is InChI=1S/C33H40BrN3O6S/c1-33(2,3)35-32(39)28(21-24-9-6-5-7-10-24)36(23-25-12-14-26(34)15-13-25)31(38)11-8-18-37(44(4,40)41)27-16-17-29-30(22-27)43-20-19-42-29/h5-7,9-10,12-17,22,28H,8,11,18-21,23H2,1-4H3,(H,35,39)/t28-/m1/s1. The minimum absolute atomic E-state index is 0.0428. The highest BCUT2D eigenvalue weighted by Gasteiger charge is 2.32. The van der Waals surface area contributed by atoms with E-state index in [4.69, 9.17) is 9.47 Å². The van der Waals surface area contributed by atoms with E-state index in [0.717, 1.165) is 21.9 Å². The number of fused-ring (bicyclic) bond motifs is 1. The van der Waals surface area contributed by atoms with Gasteiger partial charge in [0.2, 0.25) is 21.8 Å². The van der Waals surface area contributed by atoms with Gasteiger partial charge in [-0.1, -0.05) is 58.4 Å². The first-order valence-electron chi connectivity index (χ1n) is 14.6. The fraction of sp³-hybridized carbons (Fsp3) is 0.394. The molecule has 1 N–H and O–H groups in total. The molecule has 236 valence electrons. The highest BCUT2D eigenvalue weighted by atomic mass is 79.9. The Morgan fingerprint density at radius 1 is 0.932 bits per heavy atom. The second-order valence-corrected chi connectivity index (χ2v) is 14.7. The predicted molar refractivity (Wildman–Crippen MR) is 175 cm³/mol. The van der Waals surface area contributed by atoms with Crippen molar-refractivity contribution in [2.24, 2.45) is 0 Å². The molecule has 44 heavy (non-hydrogen) atoms. The number of sulfonamides is 1. The number of anilines is 1. The van der Waals surface area contributed by atoms with Gasteiger partial charge in [0.15, 0.2) is 11.5 Å². The van der Waals surface area contributed by atoms with Crippen LogP contribution in [0.2, 0.25) is 0 Å². The molecule has 3 aromatic carbocycles. The van der Waals surface area contributed by atoms with Crippen molar-refractivity contribution in [1.29, 1.82) is 0 Å². The molecule has 1 aliphatic heterocycles. The summed E-state index contributed by atoms with van der Waals surface area (Å²) in [5.41, 5.74) is 1.73. The number of carbonyl (C=O) groups excluding carboxylic acids is 2. The van der Waals surface area contributed by atoms with Gasteiger partial charge in [-0.3, -0.25) is 13.9 Å². The number of amides is 2. The van der Waals surface area contributed by atoms with Gasteiger partial charge < -0.3 is 19.7 Å². The average Bonchev–Trinajstić information content (AvgIpc) is 2.96. The van der Waals surface area contributed by atoms with Gasteiger partial charge in [0.25, 0.3) is 0 Å². The number of benzene rings is 3. The summed E-state index contributed by atoms with van der Waals surface area (Å²) in [6.45, 7) is 6.83.